The van der Waals surface area contributed by atoms with Gasteiger partial charge in [0.25, 0.3) is 11.8 Å². The van der Waals surface area contributed by atoms with Gasteiger partial charge in [-0.3, -0.25) is 19.7 Å². The van der Waals surface area contributed by atoms with Gasteiger partial charge in [-0.05, 0) is 18.2 Å². The maximum atomic E-state index is 12.2. The molecule has 0 radical (unpaired) electrons. The number of nitrogens with zero attached hydrogens (tertiary/aromatic N) is 1. The first-order valence-corrected chi connectivity index (χ1v) is 6.92. The van der Waals surface area contributed by atoms with Crippen LogP contribution in [-0.2, 0) is 14.8 Å². The van der Waals surface area contributed by atoms with Crippen molar-refractivity contribution in [1.29, 1.82) is 0 Å². The second-order valence-corrected chi connectivity index (χ2v) is 6.26. The largest absolute Gasteiger partial charge is 0.369 e. The Hall–Kier alpha value is -2.26. The number of nitrogens with two attached hydrogens (primary N) is 1. The van der Waals surface area contributed by atoms with Gasteiger partial charge in [0.1, 0.15) is 0 Å². The average Bonchev–Trinajstić information content (AvgIpc) is 2.64. The van der Waals surface area contributed by atoms with Crippen molar-refractivity contribution in [1.82, 2.24) is 9.62 Å². The molecule has 0 aliphatic carbocycles. The predicted octanol–water partition coefficient (Wildman–Crippen LogP) is -1.32. The van der Waals surface area contributed by atoms with Crippen molar-refractivity contribution in [2.24, 2.45) is 5.73 Å². The van der Waals surface area contributed by atoms with E-state index in [1.165, 1.54) is 19.2 Å². The maximum Gasteiger partial charge on any atom is 0.258 e. The third kappa shape index (κ3) is 2.28. The van der Waals surface area contributed by atoms with Crippen molar-refractivity contribution >= 4 is 27.7 Å². The first-order chi connectivity index (χ1) is 9.23. The molecule has 0 atom stereocenters. The van der Waals surface area contributed by atoms with Crippen LogP contribution in [0.4, 0.5) is 0 Å². The SMILES string of the molecule is CN(CC(N)=O)S(=O)(=O)c1ccc2c(c1)C(=O)NC2=O. The molecule has 2 rings (SSSR count). The van der Waals surface area contributed by atoms with Gasteiger partial charge in [0.15, 0.2) is 0 Å². The van der Waals surface area contributed by atoms with Crippen molar-refractivity contribution in [2.45, 2.75) is 4.90 Å². The number of rotatable bonds is 4. The number of hydrogen-bond acceptors (Lipinski definition) is 5. The highest BCUT2D eigenvalue weighted by Gasteiger charge is 2.30. The highest BCUT2D eigenvalue weighted by molar-refractivity contribution is 7.89. The van der Waals surface area contributed by atoms with Crippen LogP contribution >= 0.6 is 0 Å². The van der Waals surface area contributed by atoms with E-state index in [0.717, 1.165) is 10.4 Å². The minimum atomic E-state index is -3.96. The Bertz CT molecular complexity index is 726. The number of amides is 3. The summed E-state index contributed by atoms with van der Waals surface area (Å²) in [5.41, 5.74) is 5.05. The first-order valence-electron chi connectivity index (χ1n) is 5.48. The highest BCUT2D eigenvalue weighted by Crippen LogP contribution is 2.22. The number of hydrogen-bond donors (Lipinski definition) is 2. The molecule has 3 amide bonds. The van der Waals surface area contributed by atoms with Crippen LogP contribution in [0.2, 0.25) is 0 Å². The van der Waals surface area contributed by atoms with Gasteiger partial charge < -0.3 is 5.73 Å². The fourth-order valence-electron chi connectivity index (χ4n) is 1.79. The molecule has 0 fully saturated rings. The molecule has 1 aliphatic heterocycles. The van der Waals surface area contributed by atoms with E-state index in [0.29, 0.717) is 0 Å². The molecular weight excluding hydrogens is 286 g/mol. The second-order valence-electron chi connectivity index (χ2n) is 4.22. The Morgan fingerprint density at radius 1 is 1.25 bits per heavy atom. The third-order valence-corrected chi connectivity index (χ3v) is 4.59. The van der Waals surface area contributed by atoms with Crippen LogP contribution < -0.4 is 11.1 Å². The Morgan fingerprint density at radius 2 is 1.85 bits per heavy atom. The van der Waals surface area contributed by atoms with E-state index < -0.39 is 34.3 Å². The van der Waals surface area contributed by atoms with E-state index in [2.05, 4.69) is 5.32 Å². The first kappa shape index (κ1) is 14.2. The molecule has 0 saturated heterocycles. The highest BCUT2D eigenvalue weighted by atomic mass is 32.2. The van der Waals surface area contributed by atoms with Crippen LogP contribution in [0.5, 0.6) is 0 Å². The number of nitrogens with one attached hydrogen (secondary N) is 1. The van der Waals surface area contributed by atoms with E-state index >= 15 is 0 Å². The van der Waals surface area contributed by atoms with Crippen LogP contribution in [0.3, 0.4) is 0 Å². The minimum absolute atomic E-state index is 0.0106. The molecule has 1 heterocycles. The molecule has 0 saturated carbocycles. The van der Waals surface area contributed by atoms with E-state index in [1.54, 1.807) is 0 Å². The van der Waals surface area contributed by atoms with Crippen molar-refractivity contribution in [2.75, 3.05) is 13.6 Å². The summed E-state index contributed by atoms with van der Waals surface area (Å²) >= 11 is 0. The van der Waals surface area contributed by atoms with Gasteiger partial charge in [-0.2, -0.15) is 4.31 Å². The summed E-state index contributed by atoms with van der Waals surface area (Å²) in [6.07, 6.45) is 0. The molecule has 8 nitrogen and oxygen atoms in total. The van der Waals surface area contributed by atoms with E-state index in [-0.39, 0.29) is 16.0 Å². The molecule has 0 bridgehead atoms. The van der Waals surface area contributed by atoms with Crippen LogP contribution in [0.25, 0.3) is 0 Å². The van der Waals surface area contributed by atoms with Gasteiger partial charge in [0.05, 0.1) is 22.6 Å². The number of primary amides is 1. The quantitative estimate of drug-likeness (QED) is 0.666. The topological polar surface area (TPSA) is 127 Å². The van der Waals surface area contributed by atoms with Gasteiger partial charge in [0, 0.05) is 7.05 Å². The molecular formula is C11H11N3O5S. The molecule has 20 heavy (non-hydrogen) atoms. The standard InChI is InChI=1S/C11H11N3O5S/c1-14(5-9(12)15)20(18,19)6-2-3-7-8(4-6)11(17)13-10(7)16/h2-4H,5H2,1H3,(H2,12,15)(H,13,16,17). The van der Waals surface area contributed by atoms with Crippen molar-refractivity contribution in [3.8, 4) is 0 Å². The van der Waals surface area contributed by atoms with Crippen molar-refractivity contribution in [3.63, 3.8) is 0 Å². The second kappa shape index (κ2) is 4.69. The summed E-state index contributed by atoms with van der Waals surface area (Å²) in [6.45, 7) is -0.482. The summed E-state index contributed by atoms with van der Waals surface area (Å²) in [6, 6.07) is 3.55. The van der Waals surface area contributed by atoms with E-state index in [4.69, 9.17) is 5.73 Å². The van der Waals surface area contributed by atoms with E-state index in [1.807, 2.05) is 0 Å². The van der Waals surface area contributed by atoms with Crippen LogP contribution in [0.15, 0.2) is 23.1 Å². The molecule has 0 spiro atoms. The fraction of sp³-hybridized carbons (Fsp3) is 0.182. The zero-order valence-corrected chi connectivity index (χ0v) is 11.2. The predicted molar refractivity (Wildman–Crippen MR) is 67.2 cm³/mol. The number of fused-ring (bicyclic) bond motifs is 1. The number of sulfonamides is 1. The maximum absolute atomic E-state index is 12.2. The lowest BCUT2D eigenvalue weighted by Gasteiger charge is -2.15. The van der Waals surface area contributed by atoms with Gasteiger partial charge in [-0.15, -0.1) is 0 Å². The Labute approximate surface area is 114 Å². The number of carbonyl (C=O) groups excluding carboxylic acids is 3. The van der Waals surface area contributed by atoms with Crippen LogP contribution in [0.1, 0.15) is 20.7 Å². The Balaban J connectivity index is 2.45. The molecule has 1 aromatic rings. The summed E-state index contributed by atoms with van der Waals surface area (Å²) in [7, 11) is -2.76. The third-order valence-electron chi connectivity index (χ3n) is 2.79. The Kier molecular flexibility index (Phi) is 3.32. The molecule has 106 valence electrons. The normalized spacial score (nSPS) is 14.3. The average molecular weight is 297 g/mol. The lowest BCUT2D eigenvalue weighted by Crippen LogP contribution is -2.35. The van der Waals surface area contributed by atoms with Gasteiger partial charge in [-0.25, -0.2) is 8.42 Å². The zero-order chi connectivity index (χ0) is 15.1. The van der Waals surface area contributed by atoms with Gasteiger partial charge in [-0.1, -0.05) is 0 Å². The molecule has 1 aliphatic rings. The molecule has 0 aromatic heterocycles. The van der Waals surface area contributed by atoms with Crippen LogP contribution in [-0.4, -0.2) is 44.0 Å². The Morgan fingerprint density at radius 3 is 2.45 bits per heavy atom. The summed E-state index contributed by atoms with van der Waals surface area (Å²) in [5, 5.41) is 2.06. The number of benzene rings is 1. The van der Waals surface area contributed by atoms with Crippen LogP contribution in [0, 0.1) is 0 Å². The lowest BCUT2D eigenvalue weighted by molar-refractivity contribution is -0.118. The van der Waals surface area contributed by atoms with Gasteiger partial charge in [0.2, 0.25) is 15.9 Å². The van der Waals surface area contributed by atoms with Gasteiger partial charge >= 0.3 is 0 Å². The smallest absolute Gasteiger partial charge is 0.258 e. The number of carbonyl (C=O) groups is 3. The minimum Gasteiger partial charge on any atom is -0.369 e. The lowest BCUT2D eigenvalue weighted by atomic mass is 10.1. The fourth-order valence-corrected chi connectivity index (χ4v) is 2.96. The molecule has 0 unspecified atom stereocenters. The number of likely N-dealkylation sites (N-methyl/N-ethyl adjacent to an activating group) is 1. The van der Waals surface area contributed by atoms with Crippen molar-refractivity contribution in [3.05, 3.63) is 29.3 Å². The monoisotopic (exact) mass is 297 g/mol. The summed E-state index contributed by atoms with van der Waals surface area (Å²) in [4.78, 5) is 33.4. The molecule has 9 heteroatoms. The summed E-state index contributed by atoms with van der Waals surface area (Å²) < 4.78 is 25.1. The number of imide groups is 1. The zero-order valence-electron chi connectivity index (χ0n) is 10.4. The van der Waals surface area contributed by atoms with Crippen molar-refractivity contribution < 1.29 is 22.8 Å². The summed E-state index contributed by atoms with van der Waals surface area (Å²) in [5.74, 6) is -2.02. The van der Waals surface area contributed by atoms with E-state index in [9.17, 15) is 22.8 Å². The molecule has 1 aromatic carbocycles. The molecule has 3 N–H and O–H groups in total.